The normalized spacial score (nSPS) is 13.4. The highest BCUT2D eigenvalue weighted by Crippen LogP contribution is 2.24. The van der Waals surface area contributed by atoms with E-state index in [2.05, 4.69) is 25.5 Å². The minimum Gasteiger partial charge on any atom is -0.308 e. The first-order chi connectivity index (χ1) is 10.8. The number of fused-ring (bicyclic) bond motifs is 1. The smallest absolute Gasteiger partial charge is 0.183 e. The van der Waals surface area contributed by atoms with Gasteiger partial charge in [0.1, 0.15) is 11.5 Å². The second kappa shape index (κ2) is 6.97. The summed E-state index contributed by atoms with van der Waals surface area (Å²) >= 11 is 7.57. The van der Waals surface area contributed by atoms with Crippen molar-refractivity contribution >= 4 is 35.3 Å². The van der Waals surface area contributed by atoms with Gasteiger partial charge in [-0.1, -0.05) is 23.7 Å². The molecule has 0 atom stereocenters. The van der Waals surface area contributed by atoms with Crippen LogP contribution in [0, 0.1) is 0 Å². The third-order valence-electron chi connectivity index (χ3n) is 3.67. The van der Waals surface area contributed by atoms with Gasteiger partial charge in [0, 0.05) is 29.9 Å². The van der Waals surface area contributed by atoms with Crippen molar-refractivity contribution in [2.45, 2.75) is 19.5 Å². The van der Waals surface area contributed by atoms with Crippen LogP contribution in [0.5, 0.6) is 0 Å². The number of nitrogens with one attached hydrogen (secondary N) is 1. The van der Waals surface area contributed by atoms with Gasteiger partial charge in [-0.2, -0.15) is 0 Å². The Morgan fingerprint density at radius 1 is 1.22 bits per heavy atom. The number of aromatic nitrogens is 4. The monoisotopic (exact) mass is 367 g/mol. The predicted octanol–water partition coefficient (Wildman–Crippen LogP) is 3.17. The molecule has 4 rings (SSSR count). The van der Waals surface area contributed by atoms with E-state index in [1.807, 2.05) is 24.3 Å². The number of halogens is 2. The van der Waals surface area contributed by atoms with Crippen molar-refractivity contribution in [3.8, 4) is 11.5 Å². The molecule has 0 spiro atoms. The zero-order chi connectivity index (χ0) is 14.9. The number of thiazole rings is 1. The van der Waals surface area contributed by atoms with Gasteiger partial charge in [0.2, 0.25) is 0 Å². The Labute approximate surface area is 149 Å². The topological polar surface area (TPSA) is 55.6 Å². The van der Waals surface area contributed by atoms with Crippen LogP contribution in [0.4, 0.5) is 0 Å². The minimum atomic E-state index is 0. The van der Waals surface area contributed by atoms with E-state index in [1.165, 1.54) is 5.56 Å². The molecule has 0 saturated heterocycles. The van der Waals surface area contributed by atoms with Crippen LogP contribution < -0.4 is 5.32 Å². The first-order valence-corrected chi connectivity index (χ1v) is 8.37. The molecular weight excluding hydrogens is 353 g/mol. The van der Waals surface area contributed by atoms with Crippen molar-refractivity contribution < 1.29 is 0 Å². The Balaban J connectivity index is 0.00000156. The predicted molar refractivity (Wildman–Crippen MR) is 94.3 cm³/mol. The number of hydrogen-bond acceptors (Lipinski definition) is 5. The molecule has 3 heterocycles. The Bertz CT molecular complexity index is 797. The van der Waals surface area contributed by atoms with E-state index in [4.69, 9.17) is 16.6 Å². The molecule has 0 amide bonds. The Morgan fingerprint density at radius 2 is 2.04 bits per heavy atom. The van der Waals surface area contributed by atoms with Crippen LogP contribution in [0.15, 0.2) is 29.6 Å². The fraction of sp³-hybridized carbons (Fsp3) is 0.267. The molecule has 1 N–H and O–H groups in total. The highest BCUT2D eigenvalue weighted by molar-refractivity contribution is 7.10. The third kappa shape index (κ3) is 3.40. The van der Waals surface area contributed by atoms with E-state index in [-0.39, 0.29) is 12.4 Å². The maximum Gasteiger partial charge on any atom is 0.183 e. The van der Waals surface area contributed by atoms with E-state index >= 15 is 0 Å². The average molecular weight is 368 g/mol. The molecule has 5 nitrogen and oxygen atoms in total. The first-order valence-electron chi connectivity index (χ1n) is 7.11. The number of benzene rings is 1. The lowest BCUT2D eigenvalue weighted by Crippen LogP contribution is -2.28. The summed E-state index contributed by atoms with van der Waals surface area (Å²) in [7, 11) is 0. The molecule has 2 aromatic heterocycles. The molecule has 0 radical (unpaired) electrons. The average Bonchev–Trinajstić information content (AvgIpc) is 3.16. The van der Waals surface area contributed by atoms with Crippen LogP contribution in [-0.4, -0.2) is 26.3 Å². The lowest BCUT2D eigenvalue weighted by atomic mass is 10.2. The molecule has 0 unspecified atom stereocenters. The van der Waals surface area contributed by atoms with E-state index in [0.717, 1.165) is 53.4 Å². The second-order valence-electron chi connectivity index (χ2n) is 5.20. The molecule has 3 aromatic rings. The van der Waals surface area contributed by atoms with Crippen molar-refractivity contribution in [2.75, 3.05) is 6.54 Å². The summed E-state index contributed by atoms with van der Waals surface area (Å²) in [5.41, 5.74) is 2.12. The highest BCUT2D eigenvalue weighted by atomic mass is 35.5. The van der Waals surface area contributed by atoms with Gasteiger partial charge in [0.05, 0.1) is 11.6 Å². The lowest BCUT2D eigenvalue weighted by Gasteiger charge is -2.15. The number of rotatable bonds is 3. The number of nitrogens with zero attached hydrogens (tertiary/aromatic N) is 4. The summed E-state index contributed by atoms with van der Waals surface area (Å²) in [6.45, 7) is 2.61. The van der Waals surface area contributed by atoms with Gasteiger partial charge in [-0.05, 0) is 17.7 Å². The lowest BCUT2D eigenvalue weighted by molar-refractivity contribution is 0.508. The molecule has 120 valence electrons. The fourth-order valence-corrected chi connectivity index (χ4v) is 3.49. The van der Waals surface area contributed by atoms with Crippen LogP contribution >= 0.6 is 35.3 Å². The maximum atomic E-state index is 5.92. The summed E-state index contributed by atoms with van der Waals surface area (Å²) in [4.78, 5) is 4.72. The number of hydrogen-bond donors (Lipinski definition) is 1. The van der Waals surface area contributed by atoms with Gasteiger partial charge >= 0.3 is 0 Å². The zero-order valence-electron chi connectivity index (χ0n) is 12.2. The summed E-state index contributed by atoms with van der Waals surface area (Å²) in [5, 5.41) is 15.7. The third-order valence-corrected chi connectivity index (χ3v) is 4.77. The van der Waals surface area contributed by atoms with Crippen LogP contribution in [0.1, 0.15) is 16.4 Å². The summed E-state index contributed by atoms with van der Waals surface area (Å²) < 4.78 is 2.15. The molecule has 0 fully saturated rings. The first kappa shape index (κ1) is 16.4. The largest absolute Gasteiger partial charge is 0.308 e. The Hall–Kier alpha value is -1.47. The van der Waals surface area contributed by atoms with E-state index < -0.39 is 0 Å². The van der Waals surface area contributed by atoms with Gasteiger partial charge in [0.25, 0.3) is 0 Å². The molecule has 0 saturated carbocycles. The van der Waals surface area contributed by atoms with Crippen LogP contribution in [0.25, 0.3) is 11.5 Å². The SMILES string of the molecule is Cl.Clc1ccc(Cc2nc(-c3nnc4n3CCNC4)cs2)cc1. The van der Waals surface area contributed by atoms with E-state index in [1.54, 1.807) is 11.3 Å². The van der Waals surface area contributed by atoms with E-state index in [9.17, 15) is 0 Å². The highest BCUT2D eigenvalue weighted by Gasteiger charge is 2.18. The van der Waals surface area contributed by atoms with Gasteiger partial charge in [0.15, 0.2) is 5.82 Å². The van der Waals surface area contributed by atoms with Gasteiger partial charge < -0.3 is 9.88 Å². The molecule has 23 heavy (non-hydrogen) atoms. The van der Waals surface area contributed by atoms with Gasteiger partial charge in [-0.25, -0.2) is 4.98 Å². The maximum absolute atomic E-state index is 5.92. The molecule has 1 aliphatic heterocycles. The molecule has 0 bridgehead atoms. The van der Waals surface area contributed by atoms with Crippen LogP contribution in [0.2, 0.25) is 5.02 Å². The van der Waals surface area contributed by atoms with Gasteiger partial charge in [-0.15, -0.1) is 33.9 Å². The quantitative estimate of drug-likeness (QED) is 0.772. The molecule has 0 aliphatic carbocycles. The summed E-state index contributed by atoms with van der Waals surface area (Å²) in [6, 6.07) is 7.89. The summed E-state index contributed by atoms with van der Waals surface area (Å²) in [6.07, 6.45) is 0.810. The standard InChI is InChI=1S/C15H14ClN5S.ClH/c16-11-3-1-10(2-4-11)7-14-18-12(9-22-14)15-20-19-13-8-17-5-6-21(13)15;/h1-4,9,17H,5-8H2;1H. The van der Waals surface area contributed by atoms with Gasteiger partial charge in [-0.3, -0.25) is 0 Å². The fourth-order valence-electron chi connectivity index (χ4n) is 2.55. The van der Waals surface area contributed by atoms with Crippen molar-refractivity contribution in [3.05, 3.63) is 51.1 Å². The summed E-state index contributed by atoms with van der Waals surface area (Å²) in [5.74, 6) is 1.85. The molecular formula is C15H15Cl2N5S. The molecule has 8 heteroatoms. The minimum absolute atomic E-state index is 0. The second-order valence-corrected chi connectivity index (χ2v) is 6.58. The Morgan fingerprint density at radius 3 is 2.87 bits per heavy atom. The van der Waals surface area contributed by atoms with E-state index in [0.29, 0.717) is 0 Å². The van der Waals surface area contributed by atoms with Crippen LogP contribution in [-0.2, 0) is 19.5 Å². The Kier molecular flexibility index (Phi) is 4.96. The molecule has 1 aromatic carbocycles. The van der Waals surface area contributed by atoms with Crippen molar-refractivity contribution in [3.63, 3.8) is 0 Å². The van der Waals surface area contributed by atoms with Crippen molar-refractivity contribution in [2.24, 2.45) is 0 Å². The van der Waals surface area contributed by atoms with Crippen LogP contribution in [0.3, 0.4) is 0 Å². The van der Waals surface area contributed by atoms with Crippen molar-refractivity contribution in [1.29, 1.82) is 0 Å². The molecule has 1 aliphatic rings. The van der Waals surface area contributed by atoms with Crippen molar-refractivity contribution in [1.82, 2.24) is 25.1 Å². The zero-order valence-corrected chi connectivity index (χ0v) is 14.6.